The van der Waals surface area contributed by atoms with Crippen molar-refractivity contribution < 1.29 is 9.59 Å². The van der Waals surface area contributed by atoms with Crippen molar-refractivity contribution >= 4 is 17.5 Å². The predicted octanol–water partition coefficient (Wildman–Crippen LogP) is 2.18. The van der Waals surface area contributed by atoms with Crippen LogP contribution in [0.4, 0.5) is 5.69 Å². The molecule has 8 nitrogen and oxygen atoms in total. The SMILES string of the molecule is Cc1c[nH]c(=O)n1-c1ccc(C(=O)Nc2cccc(CN3CCCC3C(N)=O)c2)cc1. The Balaban J connectivity index is 1.45. The standard InChI is InChI=1S/C23H25N5O3/c1-15-13-25-23(31)28(15)19-9-7-17(8-10-19)22(30)26-18-5-2-4-16(12-18)14-27-11-3-6-20(27)21(24)29/h2,4-5,7-10,12-13,20H,3,6,11,14H2,1H3,(H2,24,29)(H,25,31)(H,26,30). The van der Waals surface area contributed by atoms with Crippen LogP contribution in [0.5, 0.6) is 0 Å². The van der Waals surface area contributed by atoms with Gasteiger partial charge in [0.05, 0.1) is 11.7 Å². The van der Waals surface area contributed by atoms with E-state index < -0.39 is 0 Å². The molecule has 0 spiro atoms. The van der Waals surface area contributed by atoms with Crippen LogP contribution in [0.15, 0.2) is 59.5 Å². The molecule has 1 saturated heterocycles. The molecule has 2 amide bonds. The highest BCUT2D eigenvalue weighted by atomic mass is 16.2. The number of likely N-dealkylation sites (tertiary alicyclic amines) is 1. The molecule has 0 radical (unpaired) electrons. The van der Waals surface area contributed by atoms with Gasteiger partial charge in [-0.15, -0.1) is 0 Å². The lowest BCUT2D eigenvalue weighted by Gasteiger charge is -2.22. The summed E-state index contributed by atoms with van der Waals surface area (Å²) in [5.74, 6) is -0.527. The second-order valence-corrected chi connectivity index (χ2v) is 7.80. The van der Waals surface area contributed by atoms with Crippen LogP contribution in [-0.2, 0) is 11.3 Å². The minimum atomic E-state index is -0.289. The summed E-state index contributed by atoms with van der Waals surface area (Å²) in [5.41, 5.74) is 8.93. The number of nitrogens with zero attached hydrogens (tertiary/aromatic N) is 2. The molecule has 31 heavy (non-hydrogen) atoms. The molecule has 1 aliphatic heterocycles. The summed E-state index contributed by atoms with van der Waals surface area (Å²) in [5, 5.41) is 2.91. The van der Waals surface area contributed by atoms with Crippen molar-refractivity contribution in [2.24, 2.45) is 5.73 Å². The lowest BCUT2D eigenvalue weighted by Crippen LogP contribution is -2.39. The fraction of sp³-hybridized carbons (Fsp3) is 0.261. The minimum absolute atomic E-state index is 0.219. The van der Waals surface area contributed by atoms with E-state index in [4.69, 9.17) is 5.73 Å². The van der Waals surface area contributed by atoms with E-state index in [1.54, 1.807) is 35.0 Å². The van der Waals surface area contributed by atoms with Gasteiger partial charge in [0.1, 0.15) is 0 Å². The Labute approximate surface area is 179 Å². The van der Waals surface area contributed by atoms with Crippen molar-refractivity contribution in [3.63, 3.8) is 0 Å². The third kappa shape index (κ3) is 4.44. The van der Waals surface area contributed by atoms with Gasteiger partial charge in [0.15, 0.2) is 0 Å². The molecular formula is C23H25N5O3. The summed E-state index contributed by atoms with van der Waals surface area (Å²) < 4.78 is 1.54. The molecule has 0 aliphatic carbocycles. The molecule has 8 heteroatoms. The number of primary amides is 1. The number of imidazole rings is 1. The van der Waals surface area contributed by atoms with Crippen LogP contribution in [0.3, 0.4) is 0 Å². The van der Waals surface area contributed by atoms with E-state index >= 15 is 0 Å². The van der Waals surface area contributed by atoms with Gasteiger partial charge < -0.3 is 16.0 Å². The zero-order valence-corrected chi connectivity index (χ0v) is 17.3. The summed E-state index contributed by atoms with van der Waals surface area (Å²) in [7, 11) is 0. The van der Waals surface area contributed by atoms with Gasteiger partial charge in [-0.05, 0) is 68.3 Å². The van der Waals surface area contributed by atoms with Crippen molar-refractivity contribution in [2.75, 3.05) is 11.9 Å². The second kappa shape index (κ2) is 8.61. The quantitative estimate of drug-likeness (QED) is 0.568. The highest BCUT2D eigenvalue weighted by Gasteiger charge is 2.28. The van der Waals surface area contributed by atoms with Gasteiger partial charge in [0, 0.05) is 29.7 Å². The van der Waals surface area contributed by atoms with Gasteiger partial charge in [-0.2, -0.15) is 0 Å². The number of carbonyl (C=O) groups is 2. The van der Waals surface area contributed by atoms with Crippen LogP contribution >= 0.6 is 0 Å². The maximum atomic E-state index is 12.7. The monoisotopic (exact) mass is 419 g/mol. The van der Waals surface area contributed by atoms with Crippen molar-refractivity contribution in [1.29, 1.82) is 0 Å². The van der Waals surface area contributed by atoms with E-state index in [1.165, 1.54) is 0 Å². The van der Waals surface area contributed by atoms with Gasteiger partial charge in [-0.1, -0.05) is 12.1 Å². The molecule has 160 valence electrons. The Bertz CT molecular complexity index is 1160. The lowest BCUT2D eigenvalue weighted by molar-refractivity contribution is -0.122. The third-order valence-corrected chi connectivity index (χ3v) is 5.61. The van der Waals surface area contributed by atoms with Gasteiger partial charge in [-0.3, -0.25) is 19.1 Å². The molecule has 1 unspecified atom stereocenters. The number of hydrogen-bond acceptors (Lipinski definition) is 4. The van der Waals surface area contributed by atoms with Crippen LogP contribution in [0.25, 0.3) is 5.69 Å². The zero-order valence-electron chi connectivity index (χ0n) is 17.3. The van der Waals surface area contributed by atoms with Gasteiger partial charge in [-0.25, -0.2) is 4.79 Å². The van der Waals surface area contributed by atoms with Crippen molar-refractivity contribution in [1.82, 2.24) is 14.5 Å². The number of nitrogens with one attached hydrogen (secondary N) is 2. The molecule has 4 rings (SSSR count). The number of benzene rings is 2. The number of aromatic nitrogens is 2. The van der Waals surface area contributed by atoms with Crippen LogP contribution in [0.2, 0.25) is 0 Å². The van der Waals surface area contributed by atoms with E-state index in [1.807, 2.05) is 31.2 Å². The van der Waals surface area contributed by atoms with Crippen LogP contribution in [0, 0.1) is 6.92 Å². The maximum absolute atomic E-state index is 12.7. The van der Waals surface area contributed by atoms with Crippen LogP contribution < -0.4 is 16.7 Å². The molecule has 1 atom stereocenters. The normalized spacial score (nSPS) is 16.4. The Morgan fingerprint density at radius 1 is 1.19 bits per heavy atom. The van der Waals surface area contributed by atoms with Gasteiger partial charge >= 0.3 is 5.69 Å². The number of carbonyl (C=O) groups excluding carboxylic acids is 2. The minimum Gasteiger partial charge on any atom is -0.368 e. The number of H-pyrrole nitrogens is 1. The first-order chi connectivity index (χ1) is 14.9. The highest BCUT2D eigenvalue weighted by Crippen LogP contribution is 2.21. The van der Waals surface area contributed by atoms with Gasteiger partial charge in [0.25, 0.3) is 5.91 Å². The molecular weight excluding hydrogens is 394 g/mol. The van der Waals surface area contributed by atoms with E-state index in [9.17, 15) is 14.4 Å². The topological polar surface area (TPSA) is 113 Å². The number of nitrogens with two attached hydrogens (primary N) is 1. The number of rotatable bonds is 6. The molecule has 4 N–H and O–H groups in total. The average Bonchev–Trinajstić information content (AvgIpc) is 3.34. The Morgan fingerprint density at radius 2 is 1.97 bits per heavy atom. The number of aryl methyl sites for hydroxylation is 1. The fourth-order valence-corrected chi connectivity index (χ4v) is 4.06. The van der Waals surface area contributed by atoms with E-state index in [-0.39, 0.29) is 23.5 Å². The maximum Gasteiger partial charge on any atom is 0.330 e. The van der Waals surface area contributed by atoms with Crippen LogP contribution in [0.1, 0.15) is 34.5 Å². The molecule has 1 aliphatic rings. The predicted molar refractivity (Wildman–Crippen MR) is 118 cm³/mol. The number of anilines is 1. The zero-order chi connectivity index (χ0) is 22.0. The van der Waals surface area contributed by atoms with Crippen LogP contribution in [-0.4, -0.2) is 38.9 Å². The molecule has 0 bridgehead atoms. The Morgan fingerprint density at radius 3 is 2.65 bits per heavy atom. The first kappa shape index (κ1) is 20.6. The molecule has 2 aromatic carbocycles. The average molecular weight is 419 g/mol. The van der Waals surface area contributed by atoms with Gasteiger partial charge in [0.2, 0.25) is 5.91 Å². The van der Waals surface area contributed by atoms with Crippen molar-refractivity contribution in [3.05, 3.63) is 82.0 Å². The highest BCUT2D eigenvalue weighted by molar-refractivity contribution is 6.04. The third-order valence-electron chi connectivity index (χ3n) is 5.61. The summed E-state index contributed by atoms with van der Waals surface area (Å²) in [6.45, 7) is 3.27. The lowest BCUT2D eigenvalue weighted by atomic mass is 10.1. The molecule has 1 fully saturated rings. The number of hydrogen-bond donors (Lipinski definition) is 3. The van der Waals surface area contributed by atoms with E-state index in [2.05, 4.69) is 15.2 Å². The molecule has 3 aromatic rings. The van der Waals surface area contributed by atoms with Crippen molar-refractivity contribution in [2.45, 2.75) is 32.4 Å². The smallest absolute Gasteiger partial charge is 0.330 e. The first-order valence-corrected chi connectivity index (χ1v) is 10.2. The Hall–Kier alpha value is -3.65. The summed E-state index contributed by atoms with van der Waals surface area (Å²) >= 11 is 0. The van der Waals surface area contributed by atoms with E-state index in [0.29, 0.717) is 23.5 Å². The second-order valence-electron chi connectivity index (χ2n) is 7.80. The first-order valence-electron chi connectivity index (χ1n) is 10.2. The number of aromatic amines is 1. The summed E-state index contributed by atoms with van der Waals surface area (Å²) in [4.78, 5) is 40.9. The largest absolute Gasteiger partial charge is 0.368 e. The Kier molecular flexibility index (Phi) is 5.73. The summed E-state index contributed by atoms with van der Waals surface area (Å²) in [6.07, 6.45) is 3.38. The number of amides is 2. The molecule has 1 aromatic heterocycles. The fourth-order valence-electron chi connectivity index (χ4n) is 4.06. The summed E-state index contributed by atoms with van der Waals surface area (Å²) in [6, 6.07) is 14.2. The molecule has 2 heterocycles. The van der Waals surface area contributed by atoms with E-state index in [0.717, 1.165) is 30.6 Å². The van der Waals surface area contributed by atoms with Crippen molar-refractivity contribution in [3.8, 4) is 5.69 Å². The molecule has 0 saturated carbocycles.